The maximum absolute atomic E-state index is 12.9. The third-order valence-electron chi connectivity index (χ3n) is 3.62. The van der Waals surface area contributed by atoms with Gasteiger partial charge in [-0.2, -0.15) is 31.4 Å². The number of carbonyl (C=O) groups excluding carboxylic acids is 1. The number of nitrogens with two attached hydrogens (primary N) is 1. The molecule has 6 nitrogen and oxygen atoms in total. The van der Waals surface area contributed by atoms with Crippen LogP contribution in [0, 0.1) is 0 Å². The highest BCUT2D eigenvalue weighted by atomic mass is 32.1. The first-order valence-corrected chi connectivity index (χ1v) is 8.10. The SMILES string of the molecule is NC(=S)/C(=N/Nc1cc(C(F)(F)F)cc(C(F)(F)F)c1)C(=O)N1CCOCC1. The number of benzene rings is 1. The summed E-state index contributed by atoms with van der Waals surface area (Å²) in [5.41, 5.74) is 3.25. The molecular weight excluding hydrogens is 414 g/mol. The standard InChI is InChI=1S/C15H14F6N4O2S/c16-14(17,18)8-5-9(15(19,20)21)7-10(6-8)23-24-11(12(22)28)13(26)25-1-3-27-4-2-25/h5-7,23H,1-4H2,(H2,22,28)/b24-11-. The number of anilines is 1. The van der Waals surface area contributed by atoms with Crippen molar-refractivity contribution in [3.05, 3.63) is 29.3 Å². The molecule has 1 amide bonds. The highest BCUT2D eigenvalue weighted by Crippen LogP contribution is 2.37. The normalized spacial score (nSPS) is 16.1. The number of hydrogen-bond donors (Lipinski definition) is 2. The van der Waals surface area contributed by atoms with E-state index in [0.29, 0.717) is 12.1 Å². The Kier molecular flexibility index (Phi) is 6.49. The van der Waals surface area contributed by atoms with Gasteiger partial charge in [0.25, 0.3) is 5.91 Å². The second-order valence-electron chi connectivity index (χ2n) is 5.64. The third kappa shape index (κ3) is 5.55. The van der Waals surface area contributed by atoms with Gasteiger partial charge in [-0.15, -0.1) is 0 Å². The minimum Gasteiger partial charge on any atom is -0.388 e. The number of carbonyl (C=O) groups is 1. The Bertz CT molecular complexity index is 755. The predicted molar refractivity (Wildman–Crippen MR) is 91.7 cm³/mol. The number of rotatable bonds is 4. The van der Waals surface area contributed by atoms with Crippen LogP contribution in [-0.2, 0) is 21.9 Å². The molecule has 1 aromatic rings. The van der Waals surface area contributed by atoms with Gasteiger partial charge in [0, 0.05) is 13.1 Å². The van der Waals surface area contributed by atoms with Gasteiger partial charge in [0.05, 0.1) is 30.0 Å². The molecular formula is C15H14F6N4O2S. The fourth-order valence-electron chi connectivity index (χ4n) is 2.26. The van der Waals surface area contributed by atoms with Crippen LogP contribution >= 0.6 is 12.2 Å². The molecule has 2 rings (SSSR count). The smallest absolute Gasteiger partial charge is 0.388 e. The summed E-state index contributed by atoms with van der Waals surface area (Å²) in [6, 6.07) is 0.826. The Hall–Kier alpha value is -2.41. The number of amides is 1. The van der Waals surface area contributed by atoms with Crippen LogP contribution < -0.4 is 11.2 Å². The van der Waals surface area contributed by atoms with Crippen molar-refractivity contribution >= 4 is 34.5 Å². The molecule has 28 heavy (non-hydrogen) atoms. The quantitative estimate of drug-likeness (QED) is 0.334. The van der Waals surface area contributed by atoms with E-state index in [4.69, 9.17) is 22.7 Å². The van der Waals surface area contributed by atoms with Crippen molar-refractivity contribution < 1.29 is 35.9 Å². The lowest BCUT2D eigenvalue weighted by atomic mass is 10.1. The van der Waals surface area contributed by atoms with E-state index in [9.17, 15) is 31.1 Å². The van der Waals surface area contributed by atoms with Crippen LogP contribution in [0.25, 0.3) is 0 Å². The van der Waals surface area contributed by atoms with Crippen LogP contribution in [0.5, 0.6) is 0 Å². The fourth-order valence-corrected chi connectivity index (χ4v) is 2.40. The van der Waals surface area contributed by atoms with Crippen molar-refractivity contribution in [3.63, 3.8) is 0 Å². The topological polar surface area (TPSA) is 79.9 Å². The van der Waals surface area contributed by atoms with Crippen molar-refractivity contribution in [2.75, 3.05) is 31.7 Å². The molecule has 3 N–H and O–H groups in total. The van der Waals surface area contributed by atoms with Crippen molar-refractivity contribution in [2.45, 2.75) is 12.4 Å². The third-order valence-corrected chi connectivity index (χ3v) is 3.81. The van der Waals surface area contributed by atoms with Gasteiger partial charge in [-0.1, -0.05) is 12.2 Å². The van der Waals surface area contributed by atoms with Crippen molar-refractivity contribution in [1.82, 2.24) is 4.90 Å². The largest absolute Gasteiger partial charge is 0.416 e. The molecule has 0 aliphatic carbocycles. The van der Waals surface area contributed by atoms with E-state index in [1.165, 1.54) is 4.90 Å². The van der Waals surface area contributed by atoms with Crippen molar-refractivity contribution in [2.24, 2.45) is 10.8 Å². The summed E-state index contributed by atoms with van der Waals surface area (Å²) < 4.78 is 82.4. The average molecular weight is 428 g/mol. The number of thiocarbonyl (C=S) groups is 1. The molecule has 1 fully saturated rings. The highest BCUT2D eigenvalue weighted by molar-refractivity contribution is 7.82. The molecule has 1 aromatic carbocycles. The first kappa shape index (κ1) is 21.9. The lowest BCUT2D eigenvalue weighted by molar-refractivity contribution is -0.143. The van der Waals surface area contributed by atoms with E-state index in [2.05, 4.69) is 5.10 Å². The Morgan fingerprint density at radius 3 is 2.00 bits per heavy atom. The number of alkyl halides is 6. The molecule has 13 heteroatoms. The second kappa shape index (κ2) is 8.31. The van der Waals surface area contributed by atoms with Crippen LogP contribution in [0.2, 0.25) is 0 Å². The zero-order valence-corrected chi connectivity index (χ0v) is 14.8. The molecule has 1 aliphatic rings. The monoisotopic (exact) mass is 428 g/mol. The highest BCUT2D eigenvalue weighted by Gasteiger charge is 2.37. The molecule has 1 saturated heterocycles. The van der Waals surface area contributed by atoms with Gasteiger partial charge in [-0.25, -0.2) is 0 Å². The Morgan fingerprint density at radius 1 is 1.07 bits per heavy atom. The summed E-state index contributed by atoms with van der Waals surface area (Å²) in [5, 5.41) is 3.55. The summed E-state index contributed by atoms with van der Waals surface area (Å²) in [5.74, 6) is -0.716. The molecule has 1 heterocycles. The average Bonchev–Trinajstić information content (AvgIpc) is 2.60. The van der Waals surface area contributed by atoms with Crippen LogP contribution in [0.4, 0.5) is 32.0 Å². The van der Waals surface area contributed by atoms with Gasteiger partial charge in [0.15, 0.2) is 5.71 Å². The Morgan fingerprint density at radius 2 is 1.57 bits per heavy atom. The lowest BCUT2D eigenvalue weighted by Crippen LogP contribution is -2.47. The van der Waals surface area contributed by atoms with E-state index in [0.717, 1.165) is 0 Å². The molecule has 1 aliphatic heterocycles. The Labute approximate surface area is 160 Å². The number of halogens is 6. The number of hydrogen-bond acceptors (Lipinski definition) is 5. The van der Waals surface area contributed by atoms with Crippen molar-refractivity contribution in [1.29, 1.82) is 0 Å². The molecule has 0 atom stereocenters. The number of morpholine rings is 1. The second-order valence-corrected chi connectivity index (χ2v) is 6.08. The van der Waals surface area contributed by atoms with Gasteiger partial charge in [-0.3, -0.25) is 10.2 Å². The van der Waals surface area contributed by atoms with E-state index in [1.54, 1.807) is 0 Å². The predicted octanol–water partition coefficient (Wildman–Crippen LogP) is 2.64. The zero-order valence-electron chi connectivity index (χ0n) is 14.0. The van der Waals surface area contributed by atoms with Gasteiger partial charge < -0.3 is 15.4 Å². The van der Waals surface area contributed by atoms with E-state index in [1.807, 2.05) is 5.43 Å². The summed E-state index contributed by atoms with van der Waals surface area (Å²) in [6.07, 6.45) is -10.0. The van der Waals surface area contributed by atoms with Crippen LogP contribution in [-0.4, -0.2) is 47.8 Å². The van der Waals surface area contributed by atoms with Gasteiger partial charge in [0.2, 0.25) is 0 Å². The summed E-state index contributed by atoms with van der Waals surface area (Å²) in [6.45, 7) is 0.934. The maximum atomic E-state index is 12.9. The minimum absolute atomic E-state index is 0.0255. The molecule has 154 valence electrons. The minimum atomic E-state index is -5.02. The fraction of sp³-hybridized carbons (Fsp3) is 0.400. The van der Waals surface area contributed by atoms with Crippen LogP contribution in [0.1, 0.15) is 11.1 Å². The summed E-state index contributed by atoms with van der Waals surface area (Å²) in [4.78, 5) is 13.2. The van der Waals surface area contributed by atoms with E-state index < -0.39 is 45.8 Å². The molecule has 0 bridgehead atoms. The molecule has 0 saturated carbocycles. The number of ether oxygens (including phenoxy) is 1. The van der Waals surface area contributed by atoms with Gasteiger partial charge >= 0.3 is 12.4 Å². The lowest BCUT2D eigenvalue weighted by Gasteiger charge is -2.27. The van der Waals surface area contributed by atoms with Crippen LogP contribution in [0.15, 0.2) is 23.3 Å². The summed E-state index contributed by atoms with van der Waals surface area (Å²) >= 11 is 4.72. The molecule has 0 aromatic heterocycles. The zero-order chi connectivity index (χ0) is 21.1. The molecule has 0 spiro atoms. The Balaban J connectivity index is 2.35. The molecule has 0 radical (unpaired) electrons. The van der Waals surface area contributed by atoms with E-state index >= 15 is 0 Å². The van der Waals surface area contributed by atoms with Crippen molar-refractivity contribution in [3.8, 4) is 0 Å². The number of nitrogens with zero attached hydrogens (tertiary/aromatic N) is 2. The maximum Gasteiger partial charge on any atom is 0.416 e. The first-order chi connectivity index (χ1) is 12.9. The first-order valence-electron chi connectivity index (χ1n) is 7.69. The summed E-state index contributed by atoms with van der Waals surface area (Å²) in [7, 11) is 0. The van der Waals surface area contributed by atoms with Gasteiger partial charge in [-0.05, 0) is 18.2 Å². The van der Waals surface area contributed by atoms with E-state index in [-0.39, 0.29) is 32.4 Å². The molecule has 0 unspecified atom stereocenters. The van der Waals surface area contributed by atoms with Crippen LogP contribution in [0.3, 0.4) is 0 Å². The number of nitrogens with one attached hydrogen (secondary N) is 1. The number of hydrazone groups is 1. The van der Waals surface area contributed by atoms with Gasteiger partial charge in [0.1, 0.15) is 4.99 Å².